The highest BCUT2D eigenvalue weighted by atomic mass is 35.5. The summed E-state index contributed by atoms with van der Waals surface area (Å²) in [6.07, 6.45) is 4.40. The molecular formula is C31H24ClN3O3. The number of nitrogens with zero attached hydrogens (tertiary/aromatic N) is 3. The van der Waals surface area contributed by atoms with Crippen molar-refractivity contribution in [1.29, 1.82) is 0 Å². The topological polar surface area (TPSA) is 75.4 Å². The minimum atomic E-state index is -1.04. The molecule has 5 aromatic rings. The first kappa shape index (κ1) is 25.0. The number of anilines is 1. The van der Waals surface area contributed by atoms with Crippen LogP contribution in [0.1, 0.15) is 21.5 Å². The van der Waals surface area contributed by atoms with Crippen LogP contribution in [0.15, 0.2) is 103 Å². The van der Waals surface area contributed by atoms with Gasteiger partial charge >= 0.3 is 5.97 Å². The molecule has 6 nitrogen and oxygen atoms in total. The molecule has 0 unspecified atom stereocenters. The standard InChI is InChI=1S/C31H24ClN3O3/c1-34-29-14-13-23(17-26(29)19-33-34)24-11-12-25(28(32)18-24)20-35(31(38)22-7-3-2-4-8-22)27-9-5-6-21(16-27)10-15-30(36)37/h2-19H,20H2,1H3,(H,36,37)/b15-10+. The highest BCUT2D eigenvalue weighted by molar-refractivity contribution is 6.31. The largest absolute Gasteiger partial charge is 0.478 e. The second kappa shape index (κ2) is 10.7. The lowest BCUT2D eigenvalue weighted by Crippen LogP contribution is -2.30. The van der Waals surface area contributed by atoms with Crippen LogP contribution >= 0.6 is 11.6 Å². The normalized spacial score (nSPS) is 11.2. The third-order valence-electron chi connectivity index (χ3n) is 6.33. The minimum Gasteiger partial charge on any atom is -0.478 e. The Morgan fingerprint density at radius 2 is 1.71 bits per heavy atom. The van der Waals surface area contributed by atoms with E-state index in [1.165, 1.54) is 6.08 Å². The van der Waals surface area contributed by atoms with Crippen LogP contribution in [0.4, 0.5) is 5.69 Å². The zero-order valence-electron chi connectivity index (χ0n) is 20.6. The van der Waals surface area contributed by atoms with E-state index in [0.717, 1.165) is 33.7 Å². The van der Waals surface area contributed by atoms with Gasteiger partial charge in [-0.3, -0.25) is 9.48 Å². The molecule has 0 radical (unpaired) electrons. The minimum absolute atomic E-state index is 0.188. The number of rotatable bonds is 7. The quantitative estimate of drug-likeness (QED) is 0.238. The van der Waals surface area contributed by atoms with Crippen LogP contribution < -0.4 is 4.90 Å². The maximum atomic E-state index is 13.6. The summed E-state index contributed by atoms with van der Waals surface area (Å²) in [6, 6.07) is 28.2. The number of aryl methyl sites for hydroxylation is 1. The summed E-state index contributed by atoms with van der Waals surface area (Å²) in [7, 11) is 1.91. The number of benzene rings is 4. The van der Waals surface area contributed by atoms with Gasteiger partial charge in [-0.05, 0) is 70.8 Å². The molecule has 0 aliphatic carbocycles. The Kier molecular flexibility index (Phi) is 7.07. The highest BCUT2D eigenvalue weighted by Gasteiger charge is 2.20. The molecule has 1 aromatic heterocycles. The van der Waals surface area contributed by atoms with E-state index in [1.54, 1.807) is 35.2 Å². The van der Waals surface area contributed by atoms with Gasteiger partial charge in [-0.1, -0.05) is 60.1 Å². The van der Waals surface area contributed by atoms with Gasteiger partial charge in [-0.2, -0.15) is 5.10 Å². The Hall–Kier alpha value is -4.68. The van der Waals surface area contributed by atoms with Gasteiger partial charge in [0.2, 0.25) is 0 Å². The second-order valence-corrected chi connectivity index (χ2v) is 9.28. The number of halogens is 1. The van der Waals surface area contributed by atoms with Crippen molar-refractivity contribution in [1.82, 2.24) is 9.78 Å². The Morgan fingerprint density at radius 3 is 2.47 bits per heavy atom. The number of amides is 1. The zero-order chi connectivity index (χ0) is 26.6. The van der Waals surface area contributed by atoms with Crippen molar-refractivity contribution >= 4 is 46.1 Å². The first-order valence-corrected chi connectivity index (χ1v) is 12.4. The number of carbonyl (C=O) groups is 2. The summed E-state index contributed by atoms with van der Waals surface area (Å²) < 4.78 is 1.83. The monoisotopic (exact) mass is 521 g/mol. The maximum absolute atomic E-state index is 13.6. The van der Waals surface area contributed by atoms with Gasteiger partial charge in [0.25, 0.3) is 5.91 Å². The summed E-state index contributed by atoms with van der Waals surface area (Å²) in [5.41, 5.74) is 5.66. The number of hydrogen-bond donors (Lipinski definition) is 1. The third-order valence-corrected chi connectivity index (χ3v) is 6.68. The summed E-state index contributed by atoms with van der Waals surface area (Å²) in [4.78, 5) is 26.3. The second-order valence-electron chi connectivity index (χ2n) is 8.87. The molecule has 4 aromatic carbocycles. The predicted molar refractivity (Wildman–Crippen MR) is 151 cm³/mol. The van der Waals surface area contributed by atoms with Crippen molar-refractivity contribution < 1.29 is 14.7 Å². The van der Waals surface area contributed by atoms with Crippen LogP contribution in [0.3, 0.4) is 0 Å². The molecular weight excluding hydrogens is 498 g/mol. The molecule has 0 aliphatic heterocycles. The third kappa shape index (κ3) is 5.36. The van der Waals surface area contributed by atoms with Crippen LogP contribution in [0, 0.1) is 0 Å². The Morgan fingerprint density at radius 1 is 0.947 bits per heavy atom. The number of fused-ring (bicyclic) bond motifs is 1. The van der Waals surface area contributed by atoms with Gasteiger partial charge in [0.1, 0.15) is 0 Å². The van der Waals surface area contributed by atoms with Crippen LogP contribution in [0.25, 0.3) is 28.1 Å². The molecule has 0 saturated carbocycles. The van der Waals surface area contributed by atoms with Crippen molar-refractivity contribution in [2.24, 2.45) is 7.05 Å². The SMILES string of the molecule is Cn1ncc2cc(-c3ccc(CN(C(=O)c4ccccc4)c4cccc(/C=C/C(=O)O)c4)c(Cl)c3)ccc21. The number of aliphatic carboxylic acids is 1. The van der Waals surface area contributed by atoms with Gasteiger partial charge in [-0.15, -0.1) is 0 Å². The Labute approximate surface area is 225 Å². The molecule has 0 bridgehead atoms. The van der Waals surface area contributed by atoms with Gasteiger partial charge < -0.3 is 10.0 Å². The van der Waals surface area contributed by atoms with E-state index < -0.39 is 5.97 Å². The van der Waals surface area contributed by atoms with E-state index in [1.807, 2.05) is 72.5 Å². The number of carboxylic acids is 1. The molecule has 0 aliphatic rings. The molecule has 188 valence electrons. The predicted octanol–water partition coefficient (Wildman–Crippen LogP) is 6.84. The first-order chi connectivity index (χ1) is 18.4. The van der Waals surface area contributed by atoms with E-state index in [9.17, 15) is 9.59 Å². The highest BCUT2D eigenvalue weighted by Crippen LogP contribution is 2.30. The molecule has 1 amide bonds. The van der Waals surface area contributed by atoms with E-state index in [0.29, 0.717) is 21.8 Å². The van der Waals surface area contributed by atoms with Crippen molar-refractivity contribution in [2.75, 3.05) is 4.90 Å². The molecule has 5 rings (SSSR count). The van der Waals surface area contributed by atoms with Crippen LogP contribution in [-0.4, -0.2) is 26.8 Å². The lowest BCUT2D eigenvalue weighted by molar-refractivity contribution is -0.131. The van der Waals surface area contributed by atoms with Gasteiger partial charge in [0.15, 0.2) is 0 Å². The molecule has 0 fully saturated rings. The van der Waals surface area contributed by atoms with Crippen molar-refractivity contribution in [3.8, 4) is 11.1 Å². The molecule has 1 heterocycles. The Balaban J connectivity index is 1.49. The van der Waals surface area contributed by atoms with Gasteiger partial charge in [0.05, 0.1) is 18.3 Å². The average molecular weight is 522 g/mol. The van der Waals surface area contributed by atoms with Crippen LogP contribution in [0.5, 0.6) is 0 Å². The van der Waals surface area contributed by atoms with E-state index in [-0.39, 0.29) is 12.5 Å². The van der Waals surface area contributed by atoms with Crippen molar-refractivity contribution in [2.45, 2.75) is 6.54 Å². The van der Waals surface area contributed by atoms with E-state index >= 15 is 0 Å². The average Bonchev–Trinajstić information content (AvgIpc) is 3.31. The van der Waals surface area contributed by atoms with Crippen LogP contribution in [-0.2, 0) is 18.4 Å². The molecule has 0 spiro atoms. The molecule has 0 saturated heterocycles. The summed E-state index contributed by atoms with van der Waals surface area (Å²) in [6.45, 7) is 0.237. The van der Waals surface area contributed by atoms with Crippen molar-refractivity contribution in [3.05, 3.63) is 125 Å². The summed E-state index contributed by atoms with van der Waals surface area (Å²) in [5.74, 6) is -1.23. The lowest BCUT2D eigenvalue weighted by atomic mass is 10.0. The number of hydrogen-bond acceptors (Lipinski definition) is 3. The number of carboxylic acid groups (broad SMARTS) is 1. The van der Waals surface area contributed by atoms with E-state index in [4.69, 9.17) is 16.7 Å². The van der Waals surface area contributed by atoms with Gasteiger partial charge in [-0.25, -0.2) is 4.79 Å². The van der Waals surface area contributed by atoms with Crippen molar-refractivity contribution in [3.63, 3.8) is 0 Å². The molecule has 7 heteroatoms. The Bertz CT molecular complexity index is 1670. The molecule has 0 atom stereocenters. The molecule has 38 heavy (non-hydrogen) atoms. The lowest BCUT2D eigenvalue weighted by Gasteiger charge is -2.24. The summed E-state index contributed by atoms with van der Waals surface area (Å²) in [5, 5.41) is 14.9. The number of carbonyl (C=O) groups excluding carboxylic acids is 1. The summed E-state index contributed by atoms with van der Waals surface area (Å²) >= 11 is 6.77. The smallest absolute Gasteiger partial charge is 0.328 e. The molecule has 1 N–H and O–H groups in total. The number of aromatic nitrogens is 2. The zero-order valence-corrected chi connectivity index (χ0v) is 21.3. The fraction of sp³-hybridized carbons (Fsp3) is 0.0645. The van der Waals surface area contributed by atoms with Gasteiger partial charge in [0, 0.05) is 34.8 Å². The van der Waals surface area contributed by atoms with E-state index in [2.05, 4.69) is 11.2 Å². The fourth-order valence-corrected chi connectivity index (χ4v) is 4.59. The maximum Gasteiger partial charge on any atom is 0.328 e. The fourth-order valence-electron chi connectivity index (χ4n) is 4.35. The van der Waals surface area contributed by atoms with Crippen LogP contribution in [0.2, 0.25) is 5.02 Å². The first-order valence-electron chi connectivity index (χ1n) is 12.0.